The summed E-state index contributed by atoms with van der Waals surface area (Å²) in [4.78, 5) is 13.6. The van der Waals surface area contributed by atoms with Gasteiger partial charge >= 0.3 is 0 Å². The molecule has 0 saturated heterocycles. The third-order valence-corrected chi connectivity index (χ3v) is 4.98. The van der Waals surface area contributed by atoms with E-state index in [1.807, 2.05) is 39.0 Å². The standard InChI is InChI=1S/C20H25N5OS.HI/c1-4-21-20(23-12-18-24-14(2)15(3)26-18)22-11-10-17-13-27-19(25-17)16-8-6-5-7-9-16;/h5-9,13H,4,10-12H2,1-3H3,(H2,21,22,23);1H. The lowest BCUT2D eigenvalue weighted by Gasteiger charge is -2.10. The van der Waals surface area contributed by atoms with Crippen LogP contribution in [0.15, 0.2) is 45.1 Å². The molecule has 1 aromatic carbocycles. The van der Waals surface area contributed by atoms with Crippen molar-refractivity contribution in [2.24, 2.45) is 4.99 Å². The monoisotopic (exact) mass is 511 g/mol. The molecule has 2 N–H and O–H groups in total. The first-order chi connectivity index (χ1) is 13.2. The molecule has 0 bridgehead atoms. The summed E-state index contributed by atoms with van der Waals surface area (Å²) in [5.41, 5.74) is 3.16. The van der Waals surface area contributed by atoms with Gasteiger partial charge in [0.1, 0.15) is 17.3 Å². The molecule has 8 heteroatoms. The number of nitrogens with zero attached hydrogens (tertiary/aromatic N) is 3. The lowest BCUT2D eigenvalue weighted by atomic mass is 10.2. The van der Waals surface area contributed by atoms with E-state index < -0.39 is 0 Å². The summed E-state index contributed by atoms with van der Waals surface area (Å²) in [6.07, 6.45) is 0.838. The maximum absolute atomic E-state index is 5.58. The Bertz CT molecular complexity index is 872. The van der Waals surface area contributed by atoms with Crippen LogP contribution in [-0.4, -0.2) is 29.0 Å². The van der Waals surface area contributed by atoms with E-state index in [2.05, 4.69) is 38.1 Å². The van der Waals surface area contributed by atoms with Gasteiger partial charge in [0.15, 0.2) is 5.96 Å². The molecule has 0 atom stereocenters. The largest absolute Gasteiger partial charge is 0.444 e. The highest BCUT2D eigenvalue weighted by Gasteiger charge is 2.07. The summed E-state index contributed by atoms with van der Waals surface area (Å²) in [5.74, 6) is 2.23. The van der Waals surface area contributed by atoms with E-state index >= 15 is 0 Å². The SMILES string of the molecule is CCNC(=NCc1nc(C)c(C)o1)NCCc1csc(-c2ccccc2)n1.I. The number of thiazole rings is 1. The first kappa shape index (κ1) is 22.4. The van der Waals surface area contributed by atoms with Gasteiger partial charge in [0.05, 0.1) is 11.4 Å². The van der Waals surface area contributed by atoms with Gasteiger partial charge in [-0.15, -0.1) is 35.3 Å². The second-order valence-electron chi connectivity index (χ2n) is 6.13. The van der Waals surface area contributed by atoms with E-state index in [4.69, 9.17) is 9.40 Å². The predicted molar refractivity (Wildman–Crippen MR) is 125 cm³/mol. The quantitative estimate of drug-likeness (QED) is 0.281. The average molecular weight is 511 g/mol. The number of benzene rings is 1. The fraction of sp³-hybridized carbons (Fsp3) is 0.350. The van der Waals surface area contributed by atoms with Crippen molar-refractivity contribution < 1.29 is 4.42 Å². The van der Waals surface area contributed by atoms with Gasteiger partial charge in [0.25, 0.3) is 0 Å². The molecule has 0 fully saturated rings. The predicted octanol–water partition coefficient (Wildman–Crippen LogP) is 4.33. The molecule has 2 heterocycles. The summed E-state index contributed by atoms with van der Waals surface area (Å²) in [5, 5.41) is 9.76. The fourth-order valence-corrected chi connectivity index (χ4v) is 3.40. The maximum atomic E-state index is 5.58. The molecule has 28 heavy (non-hydrogen) atoms. The molecule has 0 radical (unpaired) electrons. The Morgan fingerprint density at radius 1 is 1.14 bits per heavy atom. The third-order valence-electron chi connectivity index (χ3n) is 4.04. The van der Waals surface area contributed by atoms with Gasteiger partial charge in [-0.2, -0.15) is 0 Å². The van der Waals surface area contributed by atoms with E-state index in [0.717, 1.165) is 53.2 Å². The van der Waals surface area contributed by atoms with E-state index in [1.165, 1.54) is 0 Å². The lowest BCUT2D eigenvalue weighted by Crippen LogP contribution is -2.38. The van der Waals surface area contributed by atoms with Crippen molar-refractivity contribution in [1.82, 2.24) is 20.6 Å². The Hall–Kier alpha value is -1.94. The highest BCUT2D eigenvalue weighted by atomic mass is 127. The molecule has 3 aromatic rings. The van der Waals surface area contributed by atoms with Crippen LogP contribution in [0.5, 0.6) is 0 Å². The Morgan fingerprint density at radius 3 is 2.61 bits per heavy atom. The Labute approximate surface area is 186 Å². The molecule has 150 valence electrons. The highest BCUT2D eigenvalue weighted by Crippen LogP contribution is 2.23. The van der Waals surface area contributed by atoms with Crippen LogP contribution >= 0.6 is 35.3 Å². The van der Waals surface area contributed by atoms with E-state index in [0.29, 0.717) is 12.4 Å². The zero-order chi connectivity index (χ0) is 19.1. The van der Waals surface area contributed by atoms with Crippen molar-refractivity contribution in [1.29, 1.82) is 0 Å². The van der Waals surface area contributed by atoms with Crippen molar-refractivity contribution in [3.05, 3.63) is 58.8 Å². The van der Waals surface area contributed by atoms with Crippen molar-refractivity contribution in [2.45, 2.75) is 33.7 Å². The van der Waals surface area contributed by atoms with E-state index in [9.17, 15) is 0 Å². The highest BCUT2D eigenvalue weighted by molar-refractivity contribution is 14.0. The molecule has 2 aromatic heterocycles. The van der Waals surface area contributed by atoms with Crippen LogP contribution in [0.3, 0.4) is 0 Å². The minimum absolute atomic E-state index is 0. The van der Waals surface area contributed by atoms with Gasteiger partial charge in [-0.25, -0.2) is 15.0 Å². The first-order valence-corrected chi connectivity index (χ1v) is 9.98. The number of hydrogen-bond donors (Lipinski definition) is 2. The normalized spacial score (nSPS) is 11.2. The van der Waals surface area contributed by atoms with Crippen LogP contribution in [0.1, 0.15) is 30.0 Å². The van der Waals surface area contributed by atoms with Crippen LogP contribution in [0.4, 0.5) is 0 Å². The number of halogens is 1. The minimum atomic E-state index is 0. The molecule has 0 aliphatic carbocycles. The molecule has 0 aliphatic rings. The number of rotatable bonds is 7. The van der Waals surface area contributed by atoms with Crippen LogP contribution in [-0.2, 0) is 13.0 Å². The zero-order valence-corrected chi connectivity index (χ0v) is 19.5. The number of aliphatic imine (C=N–C) groups is 1. The number of oxazole rings is 1. The molecule has 0 spiro atoms. The molecule has 0 aliphatic heterocycles. The number of nitrogens with one attached hydrogen (secondary N) is 2. The molecule has 0 saturated carbocycles. The smallest absolute Gasteiger partial charge is 0.216 e. The number of aryl methyl sites for hydroxylation is 2. The van der Waals surface area contributed by atoms with Crippen LogP contribution in [0, 0.1) is 13.8 Å². The lowest BCUT2D eigenvalue weighted by molar-refractivity contribution is 0.473. The Kier molecular flexibility index (Phi) is 8.91. The average Bonchev–Trinajstić information content (AvgIpc) is 3.27. The van der Waals surface area contributed by atoms with Gasteiger partial charge in [0.2, 0.25) is 5.89 Å². The summed E-state index contributed by atoms with van der Waals surface area (Å²) < 4.78 is 5.58. The zero-order valence-electron chi connectivity index (χ0n) is 16.4. The van der Waals surface area contributed by atoms with E-state index in [1.54, 1.807) is 11.3 Å². The van der Waals surface area contributed by atoms with Crippen molar-refractivity contribution >= 4 is 41.3 Å². The van der Waals surface area contributed by atoms with Crippen LogP contribution in [0.2, 0.25) is 0 Å². The van der Waals surface area contributed by atoms with Gasteiger partial charge in [0, 0.05) is 30.5 Å². The van der Waals surface area contributed by atoms with Gasteiger partial charge in [-0.3, -0.25) is 0 Å². The molecule has 0 amide bonds. The summed E-state index contributed by atoms with van der Waals surface area (Å²) in [6, 6.07) is 10.3. The Morgan fingerprint density at radius 2 is 1.93 bits per heavy atom. The van der Waals surface area contributed by atoms with Crippen LogP contribution in [0.25, 0.3) is 10.6 Å². The summed E-state index contributed by atoms with van der Waals surface area (Å²) in [7, 11) is 0. The van der Waals surface area contributed by atoms with Crippen LogP contribution < -0.4 is 10.6 Å². The molecule has 3 rings (SSSR count). The van der Waals surface area contributed by atoms with Crippen molar-refractivity contribution in [3.8, 4) is 10.6 Å². The number of guanidine groups is 1. The van der Waals surface area contributed by atoms with Crippen molar-refractivity contribution in [2.75, 3.05) is 13.1 Å². The van der Waals surface area contributed by atoms with Gasteiger partial charge in [-0.1, -0.05) is 30.3 Å². The fourth-order valence-electron chi connectivity index (χ4n) is 2.54. The summed E-state index contributed by atoms with van der Waals surface area (Å²) in [6.45, 7) is 7.86. The first-order valence-electron chi connectivity index (χ1n) is 9.10. The number of hydrogen-bond acceptors (Lipinski definition) is 5. The molecule has 0 unspecified atom stereocenters. The molecular formula is C20H26IN5OS. The second kappa shape index (κ2) is 11.2. The third kappa shape index (κ3) is 6.30. The van der Waals surface area contributed by atoms with Crippen molar-refractivity contribution in [3.63, 3.8) is 0 Å². The minimum Gasteiger partial charge on any atom is -0.444 e. The number of aromatic nitrogens is 2. The Balaban J connectivity index is 0.00000280. The van der Waals surface area contributed by atoms with Gasteiger partial charge in [-0.05, 0) is 20.8 Å². The van der Waals surface area contributed by atoms with Gasteiger partial charge < -0.3 is 15.1 Å². The topological polar surface area (TPSA) is 75.3 Å². The molecular weight excluding hydrogens is 485 g/mol. The van der Waals surface area contributed by atoms with E-state index in [-0.39, 0.29) is 24.0 Å². The maximum Gasteiger partial charge on any atom is 0.216 e. The summed E-state index contributed by atoms with van der Waals surface area (Å²) >= 11 is 1.68. The molecule has 6 nitrogen and oxygen atoms in total. The second-order valence-corrected chi connectivity index (χ2v) is 6.99.